The lowest BCUT2D eigenvalue weighted by Crippen LogP contribution is -2.34. The maximum Gasteiger partial charge on any atom is 0.416 e. The first-order valence-corrected chi connectivity index (χ1v) is 8.99. The van der Waals surface area contributed by atoms with Crippen molar-refractivity contribution in [3.63, 3.8) is 0 Å². The third-order valence-electron chi connectivity index (χ3n) is 4.33. The van der Waals surface area contributed by atoms with E-state index in [0.29, 0.717) is 5.69 Å². The molecule has 0 saturated carbocycles. The SMILES string of the molecule is O=C(NC(=S)Nc1cc(C(F)(F)F)ccc1N1CCCC1)c1cccc(F)c1. The van der Waals surface area contributed by atoms with Crippen LogP contribution < -0.4 is 15.5 Å². The van der Waals surface area contributed by atoms with Gasteiger partial charge in [-0.15, -0.1) is 0 Å². The van der Waals surface area contributed by atoms with E-state index in [0.717, 1.165) is 44.1 Å². The van der Waals surface area contributed by atoms with E-state index in [1.807, 2.05) is 4.90 Å². The molecule has 1 aliphatic heterocycles. The fraction of sp³-hybridized carbons (Fsp3) is 0.263. The quantitative estimate of drug-likeness (QED) is 0.574. The number of halogens is 4. The molecule has 0 aliphatic carbocycles. The number of hydrogen-bond donors (Lipinski definition) is 2. The molecule has 1 heterocycles. The van der Waals surface area contributed by atoms with Gasteiger partial charge in [0, 0.05) is 18.7 Å². The van der Waals surface area contributed by atoms with Crippen LogP contribution >= 0.6 is 12.2 Å². The van der Waals surface area contributed by atoms with E-state index in [2.05, 4.69) is 10.6 Å². The molecule has 1 saturated heterocycles. The second-order valence-corrected chi connectivity index (χ2v) is 6.75. The van der Waals surface area contributed by atoms with Gasteiger partial charge >= 0.3 is 6.18 Å². The van der Waals surface area contributed by atoms with Gasteiger partial charge in [0.25, 0.3) is 5.91 Å². The van der Waals surface area contributed by atoms with E-state index in [-0.39, 0.29) is 16.4 Å². The summed E-state index contributed by atoms with van der Waals surface area (Å²) in [4.78, 5) is 14.1. The van der Waals surface area contributed by atoms with Crippen molar-refractivity contribution in [1.82, 2.24) is 5.32 Å². The van der Waals surface area contributed by atoms with Gasteiger partial charge in [-0.05, 0) is 61.5 Å². The molecule has 0 atom stereocenters. The van der Waals surface area contributed by atoms with Gasteiger partial charge in [-0.1, -0.05) is 6.07 Å². The maximum absolute atomic E-state index is 13.3. The number of benzene rings is 2. The highest BCUT2D eigenvalue weighted by Crippen LogP contribution is 2.36. The van der Waals surface area contributed by atoms with Gasteiger partial charge in [-0.2, -0.15) is 13.2 Å². The molecule has 0 spiro atoms. The Morgan fingerprint density at radius 3 is 2.43 bits per heavy atom. The van der Waals surface area contributed by atoms with Gasteiger partial charge in [0.2, 0.25) is 0 Å². The zero-order chi connectivity index (χ0) is 20.3. The predicted molar refractivity (Wildman–Crippen MR) is 103 cm³/mol. The van der Waals surface area contributed by atoms with Crippen LogP contribution in [-0.2, 0) is 6.18 Å². The Labute approximate surface area is 164 Å². The molecule has 1 fully saturated rings. The molecule has 0 unspecified atom stereocenters. The van der Waals surface area contributed by atoms with Gasteiger partial charge in [0.1, 0.15) is 5.82 Å². The van der Waals surface area contributed by atoms with Gasteiger partial charge in [0.15, 0.2) is 5.11 Å². The number of carbonyl (C=O) groups is 1. The normalized spacial score (nSPS) is 14.1. The molecule has 0 aromatic heterocycles. The number of nitrogens with one attached hydrogen (secondary N) is 2. The highest BCUT2D eigenvalue weighted by Gasteiger charge is 2.32. The first-order valence-electron chi connectivity index (χ1n) is 8.58. The van der Waals surface area contributed by atoms with E-state index < -0.39 is 23.5 Å². The third-order valence-corrected chi connectivity index (χ3v) is 4.54. The first-order chi connectivity index (χ1) is 13.2. The summed E-state index contributed by atoms with van der Waals surface area (Å²) in [7, 11) is 0. The van der Waals surface area contributed by atoms with E-state index >= 15 is 0 Å². The summed E-state index contributed by atoms with van der Waals surface area (Å²) < 4.78 is 52.6. The second-order valence-electron chi connectivity index (χ2n) is 6.34. The summed E-state index contributed by atoms with van der Waals surface area (Å²) in [5.41, 5.74) is -0.0423. The Kier molecular flexibility index (Phi) is 5.83. The molecule has 2 N–H and O–H groups in total. The fourth-order valence-corrected chi connectivity index (χ4v) is 3.21. The maximum atomic E-state index is 13.3. The minimum absolute atomic E-state index is 0.0490. The van der Waals surface area contributed by atoms with Crippen LogP contribution in [0.4, 0.5) is 28.9 Å². The van der Waals surface area contributed by atoms with Crippen LogP contribution in [0.25, 0.3) is 0 Å². The van der Waals surface area contributed by atoms with E-state index in [4.69, 9.17) is 12.2 Å². The number of anilines is 2. The Morgan fingerprint density at radius 2 is 1.79 bits per heavy atom. The molecule has 4 nitrogen and oxygen atoms in total. The minimum Gasteiger partial charge on any atom is -0.370 e. The second kappa shape index (κ2) is 8.14. The molecule has 148 valence electrons. The van der Waals surface area contributed by atoms with Crippen LogP contribution in [-0.4, -0.2) is 24.1 Å². The number of amides is 1. The van der Waals surface area contributed by atoms with Crippen molar-refractivity contribution in [2.45, 2.75) is 19.0 Å². The lowest BCUT2D eigenvalue weighted by atomic mass is 10.1. The number of carbonyl (C=O) groups excluding carboxylic acids is 1. The van der Waals surface area contributed by atoms with Gasteiger partial charge < -0.3 is 10.2 Å². The topological polar surface area (TPSA) is 44.4 Å². The van der Waals surface area contributed by atoms with Crippen LogP contribution in [0.3, 0.4) is 0 Å². The van der Waals surface area contributed by atoms with Crippen LogP contribution in [0.2, 0.25) is 0 Å². The van der Waals surface area contributed by atoms with E-state index in [1.54, 1.807) is 0 Å². The Bertz CT molecular complexity index is 895. The van der Waals surface area contributed by atoms with Gasteiger partial charge in [-0.3, -0.25) is 10.1 Å². The van der Waals surface area contributed by atoms with Crippen LogP contribution in [0, 0.1) is 5.82 Å². The number of hydrogen-bond acceptors (Lipinski definition) is 3. The molecule has 2 aromatic rings. The number of rotatable bonds is 3. The van der Waals surface area contributed by atoms with Crippen molar-refractivity contribution >= 4 is 34.6 Å². The largest absolute Gasteiger partial charge is 0.416 e. The highest BCUT2D eigenvalue weighted by atomic mass is 32.1. The number of alkyl halides is 3. The van der Waals surface area contributed by atoms with Crippen molar-refractivity contribution in [3.05, 3.63) is 59.4 Å². The molecule has 1 aliphatic rings. The summed E-state index contributed by atoms with van der Waals surface area (Å²) in [6.07, 6.45) is -2.62. The lowest BCUT2D eigenvalue weighted by molar-refractivity contribution is -0.137. The average molecular weight is 411 g/mol. The summed E-state index contributed by atoms with van der Waals surface area (Å²) in [6, 6.07) is 8.39. The monoisotopic (exact) mass is 411 g/mol. The van der Waals surface area contributed by atoms with Crippen molar-refractivity contribution in [2.75, 3.05) is 23.3 Å². The van der Waals surface area contributed by atoms with Crippen molar-refractivity contribution in [1.29, 1.82) is 0 Å². The van der Waals surface area contributed by atoms with Crippen molar-refractivity contribution in [3.8, 4) is 0 Å². The third kappa shape index (κ3) is 4.78. The Hall–Kier alpha value is -2.68. The van der Waals surface area contributed by atoms with Crippen LogP contribution in [0.15, 0.2) is 42.5 Å². The molecule has 28 heavy (non-hydrogen) atoms. The molecule has 1 amide bonds. The van der Waals surface area contributed by atoms with E-state index in [9.17, 15) is 22.4 Å². The number of nitrogens with zero attached hydrogens (tertiary/aromatic N) is 1. The average Bonchev–Trinajstić information content (AvgIpc) is 3.15. The highest BCUT2D eigenvalue weighted by molar-refractivity contribution is 7.80. The summed E-state index contributed by atoms with van der Waals surface area (Å²) in [6.45, 7) is 1.45. The van der Waals surface area contributed by atoms with E-state index in [1.165, 1.54) is 24.3 Å². The van der Waals surface area contributed by atoms with Gasteiger partial charge in [0.05, 0.1) is 16.9 Å². The predicted octanol–water partition coefficient (Wildman–Crippen LogP) is 4.57. The smallest absolute Gasteiger partial charge is 0.370 e. The molecule has 9 heteroatoms. The lowest BCUT2D eigenvalue weighted by Gasteiger charge is -2.23. The van der Waals surface area contributed by atoms with Crippen LogP contribution in [0.1, 0.15) is 28.8 Å². The molecule has 2 aromatic carbocycles. The van der Waals surface area contributed by atoms with Crippen molar-refractivity contribution < 1.29 is 22.4 Å². The molecule has 3 rings (SSSR count). The first kappa shape index (κ1) is 20.1. The number of thiocarbonyl (C=S) groups is 1. The molecule has 0 bridgehead atoms. The zero-order valence-electron chi connectivity index (χ0n) is 14.6. The summed E-state index contributed by atoms with van der Waals surface area (Å²) in [5.74, 6) is -1.24. The standard InChI is InChI=1S/C19H17F4N3OS/c20-14-5-3-4-12(10-14)17(27)25-18(28)24-15-11-13(19(21,22)23)6-7-16(15)26-8-1-2-9-26/h3-7,10-11H,1-2,8-9H2,(H2,24,25,27,28). The molecular weight excluding hydrogens is 394 g/mol. The summed E-state index contributed by atoms with van der Waals surface area (Å²) >= 11 is 5.08. The zero-order valence-corrected chi connectivity index (χ0v) is 15.5. The fourth-order valence-electron chi connectivity index (χ4n) is 3.00. The van der Waals surface area contributed by atoms with Crippen molar-refractivity contribution in [2.24, 2.45) is 0 Å². The Morgan fingerprint density at radius 1 is 1.07 bits per heavy atom. The molecule has 0 radical (unpaired) electrons. The molecular formula is C19H17F4N3OS. The van der Waals surface area contributed by atoms with Crippen LogP contribution in [0.5, 0.6) is 0 Å². The van der Waals surface area contributed by atoms with Gasteiger partial charge in [-0.25, -0.2) is 4.39 Å². The Balaban J connectivity index is 1.80. The summed E-state index contributed by atoms with van der Waals surface area (Å²) in [5, 5.41) is 4.87. The minimum atomic E-state index is -4.51.